The van der Waals surface area contributed by atoms with Gasteiger partial charge in [-0.2, -0.15) is 4.99 Å². The van der Waals surface area contributed by atoms with Gasteiger partial charge >= 0.3 is 0 Å². The summed E-state index contributed by atoms with van der Waals surface area (Å²) in [7, 11) is 0. The molecule has 13 heavy (non-hydrogen) atoms. The van der Waals surface area contributed by atoms with E-state index in [1.165, 1.54) is 0 Å². The van der Waals surface area contributed by atoms with E-state index in [-0.39, 0.29) is 12.2 Å². The molecule has 0 saturated carbocycles. The number of rotatable bonds is 3. The molecule has 0 spiro atoms. The first kappa shape index (κ1) is 9.79. The van der Waals surface area contributed by atoms with Crippen molar-refractivity contribution in [3.8, 4) is 0 Å². The lowest BCUT2D eigenvalue weighted by atomic mass is 10.5. The zero-order valence-electron chi connectivity index (χ0n) is 7.99. The molecule has 6 nitrogen and oxygen atoms in total. The second-order valence-electron chi connectivity index (χ2n) is 2.67. The molecule has 1 atom stereocenters. The highest BCUT2D eigenvalue weighted by molar-refractivity contribution is 5.95. The molecule has 1 rings (SSSR count). The van der Waals surface area contributed by atoms with Gasteiger partial charge in [-0.25, -0.2) is 4.99 Å². The second-order valence-corrected chi connectivity index (χ2v) is 2.67. The zero-order valence-corrected chi connectivity index (χ0v) is 7.99. The molecule has 0 saturated heterocycles. The van der Waals surface area contributed by atoms with Gasteiger partial charge in [-0.3, -0.25) is 5.32 Å². The van der Waals surface area contributed by atoms with Crippen molar-refractivity contribution in [2.75, 3.05) is 13.1 Å². The highest BCUT2D eigenvalue weighted by Crippen LogP contribution is 2.02. The molecule has 0 radical (unpaired) electrons. The molecular formula is C7H16N6. The van der Waals surface area contributed by atoms with Crippen LogP contribution in [0.5, 0.6) is 0 Å². The van der Waals surface area contributed by atoms with Crippen LogP contribution in [0, 0.1) is 0 Å². The topological polar surface area (TPSA) is 92.0 Å². The maximum Gasteiger partial charge on any atom is 0.221 e. The molecule has 1 unspecified atom stereocenters. The summed E-state index contributed by atoms with van der Waals surface area (Å²) in [4.78, 5) is 9.84. The van der Waals surface area contributed by atoms with Crippen molar-refractivity contribution in [3.05, 3.63) is 0 Å². The van der Waals surface area contributed by atoms with Crippen LogP contribution >= 0.6 is 0 Å². The lowest BCUT2D eigenvalue weighted by molar-refractivity contribution is 0.279. The van der Waals surface area contributed by atoms with Gasteiger partial charge < -0.3 is 16.4 Å². The number of aliphatic imine (C=N–C) groups is 2. The van der Waals surface area contributed by atoms with E-state index in [1.807, 2.05) is 18.7 Å². The summed E-state index contributed by atoms with van der Waals surface area (Å²) in [5.41, 5.74) is 11.2. The first-order valence-corrected chi connectivity index (χ1v) is 4.36. The molecule has 0 aromatic heterocycles. The molecule has 0 aromatic carbocycles. The summed E-state index contributed by atoms with van der Waals surface area (Å²) < 4.78 is 0. The van der Waals surface area contributed by atoms with E-state index in [4.69, 9.17) is 11.5 Å². The number of nitrogens with two attached hydrogens (primary N) is 2. The number of hydrogen-bond acceptors (Lipinski definition) is 6. The van der Waals surface area contributed by atoms with Crippen LogP contribution in [-0.2, 0) is 0 Å². The minimum Gasteiger partial charge on any atom is -0.369 e. The fourth-order valence-electron chi connectivity index (χ4n) is 1.20. The average Bonchev–Trinajstić information content (AvgIpc) is 2.04. The van der Waals surface area contributed by atoms with Crippen LogP contribution in [0.15, 0.2) is 9.98 Å². The number of nitrogens with zero attached hydrogens (tertiary/aromatic N) is 3. The predicted molar refractivity (Wildman–Crippen MR) is 53.1 cm³/mol. The maximum atomic E-state index is 5.68. The van der Waals surface area contributed by atoms with Crippen LogP contribution in [0.1, 0.15) is 13.8 Å². The molecular weight excluding hydrogens is 168 g/mol. The van der Waals surface area contributed by atoms with Crippen molar-refractivity contribution < 1.29 is 0 Å². The number of guanidine groups is 2. The SMILES string of the molecule is CCNC1N=C(N)N=C(N)N1CC. The largest absolute Gasteiger partial charge is 0.369 e. The summed E-state index contributed by atoms with van der Waals surface area (Å²) >= 11 is 0. The van der Waals surface area contributed by atoms with Crippen molar-refractivity contribution in [3.63, 3.8) is 0 Å². The van der Waals surface area contributed by atoms with Gasteiger partial charge in [0.25, 0.3) is 0 Å². The summed E-state index contributed by atoms with van der Waals surface area (Å²) in [6.07, 6.45) is -0.174. The molecule has 6 heteroatoms. The van der Waals surface area contributed by atoms with Gasteiger partial charge in [0.1, 0.15) is 0 Å². The molecule has 74 valence electrons. The average molecular weight is 184 g/mol. The van der Waals surface area contributed by atoms with Gasteiger partial charge in [-0.15, -0.1) is 0 Å². The fraction of sp³-hybridized carbons (Fsp3) is 0.714. The van der Waals surface area contributed by atoms with Crippen molar-refractivity contribution in [2.24, 2.45) is 21.5 Å². The Morgan fingerprint density at radius 3 is 2.69 bits per heavy atom. The van der Waals surface area contributed by atoms with Crippen LogP contribution in [0.25, 0.3) is 0 Å². The van der Waals surface area contributed by atoms with Crippen molar-refractivity contribution in [2.45, 2.75) is 20.1 Å². The van der Waals surface area contributed by atoms with Crippen molar-refractivity contribution >= 4 is 11.9 Å². The van der Waals surface area contributed by atoms with Gasteiger partial charge in [0, 0.05) is 6.54 Å². The Balaban J connectivity index is 2.76. The van der Waals surface area contributed by atoms with E-state index in [2.05, 4.69) is 15.3 Å². The summed E-state index contributed by atoms with van der Waals surface area (Å²) in [6.45, 7) is 5.56. The lowest BCUT2D eigenvalue weighted by Gasteiger charge is -2.31. The minimum atomic E-state index is -0.174. The molecule has 5 N–H and O–H groups in total. The molecule has 0 aliphatic carbocycles. The fourth-order valence-corrected chi connectivity index (χ4v) is 1.20. The van der Waals surface area contributed by atoms with Gasteiger partial charge in [-0.1, -0.05) is 6.92 Å². The Morgan fingerprint density at radius 1 is 1.46 bits per heavy atom. The molecule has 1 aliphatic rings. The van der Waals surface area contributed by atoms with Crippen molar-refractivity contribution in [1.82, 2.24) is 10.2 Å². The predicted octanol–water partition coefficient (Wildman–Crippen LogP) is -1.16. The number of nitrogens with one attached hydrogen (secondary N) is 1. The van der Waals surface area contributed by atoms with Crippen LogP contribution < -0.4 is 16.8 Å². The van der Waals surface area contributed by atoms with Crippen molar-refractivity contribution in [1.29, 1.82) is 0 Å². The molecule has 0 amide bonds. The van der Waals surface area contributed by atoms with Crippen LogP contribution in [0.3, 0.4) is 0 Å². The minimum absolute atomic E-state index is 0.174. The highest BCUT2D eigenvalue weighted by Gasteiger charge is 2.21. The Labute approximate surface area is 77.7 Å². The Morgan fingerprint density at radius 2 is 2.15 bits per heavy atom. The summed E-state index contributed by atoms with van der Waals surface area (Å²) in [5, 5.41) is 3.14. The van der Waals surface area contributed by atoms with Crippen LogP contribution in [0.2, 0.25) is 0 Å². The van der Waals surface area contributed by atoms with E-state index in [0.29, 0.717) is 5.96 Å². The van der Waals surface area contributed by atoms with E-state index in [9.17, 15) is 0 Å². The van der Waals surface area contributed by atoms with Crippen LogP contribution in [-0.4, -0.2) is 36.2 Å². The lowest BCUT2D eigenvalue weighted by Crippen LogP contribution is -2.53. The zero-order chi connectivity index (χ0) is 9.84. The maximum absolute atomic E-state index is 5.68. The Hall–Kier alpha value is -1.30. The first-order chi connectivity index (χ1) is 6.19. The quantitative estimate of drug-likeness (QED) is 0.516. The Kier molecular flexibility index (Phi) is 3.07. The summed E-state index contributed by atoms with van der Waals surface area (Å²) in [5.74, 6) is 0.647. The molecule has 0 aromatic rings. The monoisotopic (exact) mass is 184 g/mol. The third-order valence-electron chi connectivity index (χ3n) is 1.80. The molecule has 0 fully saturated rings. The molecule has 0 bridgehead atoms. The second kappa shape index (κ2) is 4.08. The van der Waals surface area contributed by atoms with Crippen LogP contribution in [0.4, 0.5) is 0 Å². The van der Waals surface area contributed by atoms with Gasteiger partial charge in [-0.05, 0) is 13.5 Å². The highest BCUT2D eigenvalue weighted by atomic mass is 15.4. The van der Waals surface area contributed by atoms with E-state index < -0.39 is 0 Å². The first-order valence-electron chi connectivity index (χ1n) is 4.36. The third-order valence-corrected chi connectivity index (χ3v) is 1.80. The van der Waals surface area contributed by atoms with Gasteiger partial charge in [0.05, 0.1) is 0 Å². The smallest absolute Gasteiger partial charge is 0.221 e. The number of hydrogen-bond donors (Lipinski definition) is 3. The van der Waals surface area contributed by atoms with Gasteiger partial charge in [0.15, 0.2) is 6.29 Å². The van der Waals surface area contributed by atoms with E-state index >= 15 is 0 Å². The van der Waals surface area contributed by atoms with E-state index in [1.54, 1.807) is 0 Å². The standard InChI is InChI=1S/C7H16N6/c1-3-10-7-12-5(8)11-6(9)13(7)4-2/h7,10H,3-4H2,1-2H3,(H4,8,9,11,12). The normalized spacial score (nSPS) is 22.6. The third kappa shape index (κ3) is 2.09. The van der Waals surface area contributed by atoms with E-state index in [0.717, 1.165) is 13.1 Å². The molecule has 1 heterocycles. The summed E-state index contributed by atoms with van der Waals surface area (Å²) in [6, 6.07) is 0. The molecule has 1 aliphatic heterocycles. The van der Waals surface area contributed by atoms with Gasteiger partial charge in [0.2, 0.25) is 11.9 Å². The Bertz CT molecular complexity index is 233.